The Kier molecular flexibility index (Phi) is 9.87. The van der Waals surface area contributed by atoms with Crippen molar-refractivity contribution in [3.05, 3.63) is 57.6 Å². The number of benzene rings is 2. The van der Waals surface area contributed by atoms with Gasteiger partial charge in [0.25, 0.3) is 0 Å². The van der Waals surface area contributed by atoms with Gasteiger partial charge < -0.3 is 11.5 Å². The summed E-state index contributed by atoms with van der Waals surface area (Å²) in [7, 11) is 0. The SMILES string of the molecule is CCCc1cc(C(F)(F)C(F)(F)C(F)(F)C(F)(F)C(F)(F)C(F)(F)c2cc(CC)c(N)c(CCC)c2)cc(CC)c1N. The largest absolute Gasteiger partial charge is 0.398 e. The van der Waals surface area contributed by atoms with E-state index in [0.717, 1.165) is 0 Å². The Bertz CT molecular complexity index is 1170. The highest BCUT2D eigenvalue weighted by Gasteiger charge is 2.90. The number of anilines is 2. The van der Waals surface area contributed by atoms with Gasteiger partial charge in [-0.2, -0.15) is 52.7 Å². The van der Waals surface area contributed by atoms with E-state index < -0.39 is 46.7 Å². The summed E-state index contributed by atoms with van der Waals surface area (Å²) in [6, 6.07) is 1.09. The van der Waals surface area contributed by atoms with Crippen LogP contribution in [0.15, 0.2) is 24.3 Å². The minimum atomic E-state index is -7.69. The van der Waals surface area contributed by atoms with Gasteiger partial charge in [0.05, 0.1) is 0 Å². The van der Waals surface area contributed by atoms with Gasteiger partial charge in [0.15, 0.2) is 0 Å². The highest BCUT2D eigenvalue weighted by Crippen LogP contribution is 2.63. The molecule has 4 N–H and O–H groups in total. The molecule has 2 nitrogen and oxygen atoms in total. The topological polar surface area (TPSA) is 52.0 Å². The normalized spacial score (nSPS) is 14.0. The number of hydrogen-bond donors (Lipinski definition) is 2. The predicted octanol–water partition coefficient (Wildman–Crippen LogP) is 9.31. The van der Waals surface area contributed by atoms with Crippen LogP contribution in [0.25, 0.3) is 0 Å². The first-order chi connectivity index (χ1) is 19.0. The Morgan fingerprint density at radius 3 is 0.952 bits per heavy atom. The highest BCUT2D eigenvalue weighted by atomic mass is 19.4. The molecule has 42 heavy (non-hydrogen) atoms. The first-order valence-corrected chi connectivity index (χ1v) is 13.1. The molecule has 2 rings (SSSR count). The van der Waals surface area contributed by atoms with E-state index in [-0.39, 0.29) is 96.4 Å². The van der Waals surface area contributed by atoms with Crippen molar-refractivity contribution in [3.8, 4) is 0 Å². The molecule has 2 aromatic rings. The third-order valence-corrected chi connectivity index (χ3v) is 7.20. The first kappa shape index (κ1) is 35.4. The predicted molar refractivity (Wildman–Crippen MR) is 136 cm³/mol. The molecular weight excluding hydrogens is 592 g/mol. The Morgan fingerprint density at radius 2 is 0.714 bits per heavy atom. The van der Waals surface area contributed by atoms with E-state index in [0.29, 0.717) is 0 Å². The Morgan fingerprint density at radius 1 is 0.452 bits per heavy atom. The van der Waals surface area contributed by atoms with Gasteiger partial charge in [0, 0.05) is 22.5 Å². The summed E-state index contributed by atoms with van der Waals surface area (Å²) in [4.78, 5) is 0. The molecular formula is C28H32F12N2. The van der Waals surface area contributed by atoms with Gasteiger partial charge in [-0.1, -0.05) is 40.5 Å². The van der Waals surface area contributed by atoms with Gasteiger partial charge in [-0.15, -0.1) is 0 Å². The second-order valence-electron chi connectivity index (χ2n) is 10.1. The average Bonchev–Trinajstić information content (AvgIpc) is 2.90. The fourth-order valence-electron chi connectivity index (χ4n) is 4.61. The molecule has 0 aromatic heterocycles. The fraction of sp³-hybridized carbons (Fsp3) is 0.571. The van der Waals surface area contributed by atoms with E-state index >= 15 is 17.6 Å². The van der Waals surface area contributed by atoms with E-state index in [1.165, 1.54) is 27.7 Å². The average molecular weight is 625 g/mol. The van der Waals surface area contributed by atoms with Crippen molar-refractivity contribution in [2.45, 2.75) is 102 Å². The molecule has 0 saturated heterocycles. The molecule has 0 amide bonds. The lowest BCUT2D eigenvalue weighted by atomic mass is 9.85. The molecule has 0 bridgehead atoms. The summed E-state index contributed by atoms with van der Waals surface area (Å²) in [5.74, 6) is -42.4. The van der Waals surface area contributed by atoms with E-state index in [1.54, 1.807) is 0 Å². The monoisotopic (exact) mass is 624 g/mol. The van der Waals surface area contributed by atoms with Gasteiger partial charge in [-0.05, 0) is 72.2 Å². The quantitative estimate of drug-likeness (QED) is 0.172. The van der Waals surface area contributed by atoms with Crippen LogP contribution in [0.5, 0.6) is 0 Å². The van der Waals surface area contributed by atoms with Crippen LogP contribution in [-0.4, -0.2) is 23.7 Å². The van der Waals surface area contributed by atoms with Crippen LogP contribution >= 0.6 is 0 Å². The van der Waals surface area contributed by atoms with Crippen molar-refractivity contribution in [1.82, 2.24) is 0 Å². The number of nitrogen functional groups attached to an aromatic ring is 2. The lowest BCUT2D eigenvalue weighted by Gasteiger charge is -2.41. The van der Waals surface area contributed by atoms with E-state index in [9.17, 15) is 35.1 Å². The molecule has 0 fully saturated rings. The van der Waals surface area contributed by atoms with Gasteiger partial charge in [-0.25, -0.2) is 0 Å². The lowest BCUT2D eigenvalue weighted by molar-refractivity contribution is -0.429. The third kappa shape index (κ3) is 5.27. The minimum absolute atomic E-state index is 0.105. The lowest BCUT2D eigenvalue weighted by Crippen LogP contribution is -2.69. The fourth-order valence-corrected chi connectivity index (χ4v) is 4.61. The van der Waals surface area contributed by atoms with Gasteiger partial charge in [0.1, 0.15) is 0 Å². The van der Waals surface area contributed by atoms with Crippen LogP contribution in [0.4, 0.5) is 64.1 Å². The third-order valence-electron chi connectivity index (χ3n) is 7.20. The van der Waals surface area contributed by atoms with Crippen molar-refractivity contribution >= 4 is 11.4 Å². The van der Waals surface area contributed by atoms with Crippen molar-refractivity contribution in [3.63, 3.8) is 0 Å². The summed E-state index contributed by atoms with van der Waals surface area (Å²) >= 11 is 0. The van der Waals surface area contributed by atoms with Crippen LogP contribution < -0.4 is 11.5 Å². The van der Waals surface area contributed by atoms with E-state index in [2.05, 4.69) is 0 Å². The van der Waals surface area contributed by atoms with E-state index in [4.69, 9.17) is 11.5 Å². The molecule has 0 aliphatic heterocycles. The summed E-state index contributed by atoms with van der Waals surface area (Å²) in [6.45, 7) is 5.77. The maximum atomic E-state index is 15.1. The second-order valence-corrected chi connectivity index (χ2v) is 10.1. The molecule has 0 radical (unpaired) electrons. The summed E-state index contributed by atoms with van der Waals surface area (Å²) in [5, 5.41) is 0. The molecule has 0 unspecified atom stereocenters. The smallest absolute Gasteiger partial charge is 0.385 e. The zero-order valence-electron chi connectivity index (χ0n) is 23.2. The molecule has 0 atom stereocenters. The van der Waals surface area contributed by atoms with Crippen molar-refractivity contribution in [1.29, 1.82) is 0 Å². The summed E-state index contributed by atoms with van der Waals surface area (Å²) < 4.78 is 179. The molecule has 0 spiro atoms. The van der Waals surface area contributed by atoms with Crippen molar-refractivity contribution < 1.29 is 52.7 Å². The minimum Gasteiger partial charge on any atom is -0.398 e. The maximum absolute atomic E-state index is 15.1. The van der Waals surface area contributed by atoms with Crippen LogP contribution in [0.1, 0.15) is 73.9 Å². The molecule has 238 valence electrons. The van der Waals surface area contributed by atoms with Gasteiger partial charge >= 0.3 is 35.5 Å². The standard InChI is InChI=1S/C28H32F12N2/c1-5-9-17-13-19(11-15(7-3)21(17)41)23(29,30)25(33,34)27(37,38)28(39,40)26(35,36)24(31,32)20-12-16(8-4)22(42)18(14-20)10-6-2/h11-14H,5-10,41-42H2,1-4H3. The number of rotatable bonds is 13. The van der Waals surface area contributed by atoms with E-state index in [1.807, 2.05) is 0 Å². The Balaban J connectivity index is 2.74. The molecule has 0 saturated carbocycles. The summed E-state index contributed by atoms with van der Waals surface area (Å²) in [6.07, 6.45) is -0.107. The van der Waals surface area contributed by atoms with Crippen LogP contribution in [0.3, 0.4) is 0 Å². The molecule has 0 aliphatic carbocycles. The highest BCUT2D eigenvalue weighted by molar-refractivity contribution is 5.58. The second kappa shape index (κ2) is 11.7. The van der Waals surface area contributed by atoms with Crippen molar-refractivity contribution in [2.75, 3.05) is 11.5 Å². The molecule has 0 aliphatic rings. The van der Waals surface area contributed by atoms with Crippen LogP contribution in [-0.2, 0) is 37.5 Å². The number of alkyl halides is 12. The Hall–Kier alpha value is -2.80. The van der Waals surface area contributed by atoms with Crippen molar-refractivity contribution in [2.24, 2.45) is 0 Å². The maximum Gasteiger partial charge on any atom is 0.385 e. The number of aryl methyl sites for hydroxylation is 4. The zero-order valence-corrected chi connectivity index (χ0v) is 23.2. The zero-order chi connectivity index (χ0) is 32.7. The molecule has 2 aromatic carbocycles. The van der Waals surface area contributed by atoms with Crippen LogP contribution in [0, 0.1) is 0 Å². The number of hydrogen-bond acceptors (Lipinski definition) is 2. The number of nitrogens with two attached hydrogens (primary N) is 2. The number of halogens is 12. The van der Waals surface area contributed by atoms with Crippen LogP contribution in [0.2, 0.25) is 0 Å². The Labute approximate surface area is 235 Å². The molecule has 0 heterocycles. The van der Waals surface area contributed by atoms with Gasteiger partial charge in [0.2, 0.25) is 0 Å². The van der Waals surface area contributed by atoms with Gasteiger partial charge in [-0.3, -0.25) is 0 Å². The first-order valence-electron chi connectivity index (χ1n) is 13.1. The molecule has 14 heteroatoms. The summed E-state index contributed by atoms with van der Waals surface area (Å²) in [5.41, 5.74) is 6.61.